The lowest BCUT2D eigenvalue weighted by Gasteiger charge is -2.37. The molecule has 24 heteroatoms. The van der Waals surface area contributed by atoms with Crippen LogP contribution in [-0.2, 0) is 43.6 Å². The summed E-state index contributed by atoms with van der Waals surface area (Å²) in [6.07, 6.45) is 9.36. The maximum absolute atomic E-state index is 14.2. The van der Waals surface area contributed by atoms with Crippen molar-refractivity contribution < 1.29 is 35.9 Å². The van der Waals surface area contributed by atoms with Gasteiger partial charge in [-0.15, -0.1) is 17.4 Å². The van der Waals surface area contributed by atoms with E-state index in [1.165, 1.54) is 7.94 Å². The highest BCUT2D eigenvalue weighted by Crippen LogP contribution is 2.44. The molecule has 0 saturated carbocycles. The van der Waals surface area contributed by atoms with Crippen LogP contribution in [0.3, 0.4) is 0 Å². The van der Waals surface area contributed by atoms with E-state index in [0.717, 1.165) is 11.4 Å². The van der Waals surface area contributed by atoms with Gasteiger partial charge in [-0.05, 0) is 108 Å². The fraction of sp³-hybridized carbons (Fsp3) is 0.377. The van der Waals surface area contributed by atoms with Gasteiger partial charge in [0.05, 0.1) is 65.8 Å². The molecular weight excluding hydrogens is 1200 g/mol. The van der Waals surface area contributed by atoms with Gasteiger partial charge in [0, 0.05) is 102 Å². The van der Waals surface area contributed by atoms with Crippen LogP contribution in [0.1, 0.15) is 61.0 Å². The number of ether oxygens (including phenoxy) is 2. The highest BCUT2D eigenvalue weighted by molar-refractivity contribution is 9.10. The van der Waals surface area contributed by atoms with Gasteiger partial charge in [-0.1, -0.05) is 62.0 Å². The van der Waals surface area contributed by atoms with Crippen molar-refractivity contribution in [2.75, 3.05) is 62.2 Å². The minimum Gasteiger partial charge on any atom is -0.444 e. The maximum Gasteiger partial charge on any atom is 0.410 e. The van der Waals surface area contributed by atoms with Gasteiger partial charge >= 0.3 is 12.2 Å². The van der Waals surface area contributed by atoms with Crippen LogP contribution in [0.2, 0.25) is 19.6 Å². The monoisotopic (exact) mass is 1270 g/mol. The number of rotatable bonds is 8. The van der Waals surface area contributed by atoms with Gasteiger partial charge in [-0.3, -0.25) is 9.36 Å². The Hall–Kier alpha value is -7.90. The molecule has 448 valence electrons. The number of nitrogens with zero attached hydrogens (tertiary/aromatic N) is 12. The van der Waals surface area contributed by atoms with Crippen molar-refractivity contribution in [1.29, 1.82) is 0 Å². The Labute approximate surface area is 508 Å². The molecule has 2 aliphatic rings. The summed E-state index contributed by atoms with van der Waals surface area (Å²) in [6.45, 7) is 25.5. The number of amides is 2. The van der Waals surface area contributed by atoms with E-state index < -0.39 is 39.3 Å². The van der Waals surface area contributed by atoms with E-state index in [1.807, 2.05) is 60.6 Å². The first-order valence-corrected chi connectivity index (χ1v) is 34.9. The highest BCUT2D eigenvalue weighted by atomic mass is 79.9. The van der Waals surface area contributed by atoms with Crippen molar-refractivity contribution in [3.8, 4) is 45.8 Å². The molecule has 2 saturated heterocycles. The zero-order valence-corrected chi connectivity index (χ0v) is 54.6. The van der Waals surface area contributed by atoms with Crippen LogP contribution in [0.5, 0.6) is 0 Å². The summed E-state index contributed by atoms with van der Waals surface area (Å²) in [7, 11) is -5.51. The number of pyridine rings is 2. The lowest BCUT2D eigenvalue weighted by molar-refractivity contribution is 0.0230. The second kappa shape index (κ2) is 25.4. The third-order valence-electron chi connectivity index (χ3n) is 13.3. The third-order valence-corrected chi connectivity index (χ3v) is 18.5. The Morgan fingerprint density at radius 2 is 0.976 bits per heavy atom. The van der Waals surface area contributed by atoms with Gasteiger partial charge in [0.15, 0.2) is 11.3 Å². The molecule has 2 fully saturated rings. The first-order valence-electron chi connectivity index (χ1n) is 27.7. The number of carbonyl (C=O) groups is 2. The number of fused-ring (bicyclic) bond motifs is 2. The smallest absolute Gasteiger partial charge is 0.410 e. The highest BCUT2D eigenvalue weighted by Gasteiger charge is 2.35. The molecule has 85 heavy (non-hydrogen) atoms. The van der Waals surface area contributed by atoms with Crippen LogP contribution in [0.15, 0.2) is 124 Å². The number of carbonyl (C=O) groups excluding carboxylic acids is 2. The fourth-order valence-electron chi connectivity index (χ4n) is 9.80. The van der Waals surface area contributed by atoms with Gasteiger partial charge < -0.3 is 29.1 Å². The summed E-state index contributed by atoms with van der Waals surface area (Å²) in [5, 5.41) is 9.89. The van der Waals surface area contributed by atoms with Gasteiger partial charge in [0.1, 0.15) is 19.3 Å². The molecule has 0 unspecified atom stereocenters. The van der Waals surface area contributed by atoms with Crippen LogP contribution in [0, 0.1) is 23.3 Å². The molecule has 0 atom stereocenters. The van der Waals surface area contributed by atoms with E-state index in [-0.39, 0.29) is 27.6 Å². The minimum atomic E-state index is -4.06. The van der Waals surface area contributed by atoms with Crippen molar-refractivity contribution in [3.05, 3.63) is 120 Å². The summed E-state index contributed by atoms with van der Waals surface area (Å²) in [5.41, 5.74) is 6.93. The lowest BCUT2D eigenvalue weighted by atomic mass is 10.1. The van der Waals surface area contributed by atoms with Crippen molar-refractivity contribution >= 4 is 89.7 Å². The van der Waals surface area contributed by atoms with Crippen LogP contribution >= 0.6 is 15.9 Å². The van der Waals surface area contributed by atoms with Gasteiger partial charge in [0.25, 0.3) is 20.0 Å². The minimum absolute atomic E-state index is 0.145. The zero-order valence-electron chi connectivity index (χ0n) is 50.4. The Bertz CT molecular complexity index is 4100. The molecule has 0 N–H and O–H groups in total. The molecule has 20 nitrogen and oxygen atoms in total. The molecule has 2 amide bonds. The second-order valence-corrected chi connectivity index (χ2v) is 32.4. The number of aromatic nitrogens is 8. The summed E-state index contributed by atoms with van der Waals surface area (Å²) in [6, 6.07) is 20.4. The van der Waals surface area contributed by atoms with Crippen LogP contribution in [0.25, 0.3) is 44.6 Å². The van der Waals surface area contributed by atoms with Gasteiger partial charge in [-0.25, -0.2) is 44.3 Å². The molecule has 8 heterocycles. The normalized spacial score (nSPS) is 14.1. The SMILES string of the molecule is CC#C[Si](C)(C)C.CC#Cc1c(-c2cnn(C)c2)n(S(=O)(=O)c2ccccc2)c2nccc(N3CCN(C(=O)OC(C)(C)C)CC3)c12.Cn1cc(-c2c(Br)c3c(N4CCN(C(=O)OC(C)(C)C)CC4)ccnc3n2S(=O)(=O)c2ccccc2)cn1. The molecule has 10 rings (SSSR count). The zero-order chi connectivity index (χ0) is 61.8. The van der Waals surface area contributed by atoms with Crippen molar-refractivity contribution in [2.24, 2.45) is 14.1 Å². The number of hydrogen-bond acceptors (Lipinski definition) is 14. The van der Waals surface area contributed by atoms with E-state index >= 15 is 0 Å². The third kappa shape index (κ3) is 14.3. The van der Waals surface area contributed by atoms with E-state index in [0.29, 0.717) is 101 Å². The molecular formula is C61H73BrN12O8S2Si. The number of hydrogen-bond donors (Lipinski definition) is 0. The average molecular weight is 1270 g/mol. The van der Waals surface area contributed by atoms with Crippen molar-refractivity contribution in [1.82, 2.24) is 47.3 Å². The summed E-state index contributed by atoms with van der Waals surface area (Å²) in [4.78, 5) is 42.3. The molecule has 2 aliphatic heterocycles. The molecule has 0 radical (unpaired) electrons. The number of halogens is 1. The molecule has 0 spiro atoms. The van der Waals surface area contributed by atoms with Crippen molar-refractivity contribution in [3.63, 3.8) is 0 Å². The predicted molar refractivity (Wildman–Crippen MR) is 339 cm³/mol. The first-order chi connectivity index (χ1) is 40.0. The first kappa shape index (κ1) is 63.1. The van der Waals surface area contributed by atoms with Gasteiger partial charge in [0.2, 0.25) is 0 Å². The van der Waals surface area contributed by atoms with E-state index in [4.69, 9.17) is 9.47 Å². The lowest BCUT2D eigenvalue weighted by Crippen LogP contribution is -2.50. The van der Waals surface area contributed by atoms with E-state index in [9.17, 15) is 26.4 Å². The summed E-state index contributed by atoms with van der Waals surface area (Å²) < 4.78 is 73.8. The van der Waals surface area contributed by atoms with E-state index in [2.05, 4.69) is 88.8 Å². The summed E-state index contributed by atoms with van der Waals surface area (Å²) in [5.74, 6) is 9.07. The van der Waals surface area contributed by atoms with Crippen LogP contribution < -0.4 is 9.80 Å². The Balaban J connectivity index is 0.000000199. The molecule has 8 aromatic rings. The quantitative estimate of drug-likeness (QED) is 0.103. The van der Waals surface area contributed by atoms with Crippen LogP contribution in [0.4, 0.5) is 21.0 Å². The Kier molecular flexibility index (Phi) is 18.8. The maximum atomic E-state index is 14.2. The topological polar surface area (TPSA) is 205 Å². The van der Waals surface area contributed by atoms with Crippen LogP contribution in [-0.4, -0.2) is 148 Å². The molecule has 0 bridgehead atoms. The number of benzene rings is 2. The second-order valence-electron chi connectivity index (χ2n) is 23.3. The number of aryl methyl sites for hydroxylation is 2. The standard InChI is InChI=1S/C29H32N6O4S.C26H29BrN6O4S.C6H12Si/c1-6-10-23-25-24(33-15-17-34(18-16-33)28(36)39-29(2,3)4)13-14-30-27(25)35(26(23)21-19-31-32(5)20-21)40(37,38)22-11-8-7-9-12-22;1-26(2,3)37-25(34)32-14-12-31(13-15-32)20-10-11-28-24-21(20)22(27)23(18-16-29-30(4)17-18)33(24)38(35,36)19-8-6-5-7-9-19;1-5-6-7(2,3)4/h7-9,11-14,19-20H,15-18H2,1-5H3;5-11,16-17H,12-15H2,1-4H3;1-4H3. The molecule has 0 aliphatic carbocycles. The number of piperazine rings is 2. The van der Waals surface area contributed by atoms with E-state index in [1.54, 1.807) is 138 Å². The van der Waals surface area contributed by atoms with Crippen molar-refractivity contribution in [2.45, 2.75) is 96.0 Å². The average Bonchev–Trinajstić information content (AvgIpc) is 1.67. The molecule has 2 aromatic carbocycles. The fourth-order valence-corrected chi connectivity index (χ4v) is 14.5. The number of anilines is 2. The Morgan fingerprint density at radius 1 is 0.576 bits per heavy atom. The van der Waals surface area contributed by atoms with Gasteiger partial charge in [-0.2, -0.15) is 10.2 Å². The Morgan fingerprint density at radius 3 is 1.34 bits per heavy atom. The largest absolute Gasteiger partial charge is 0.444 e. The molecule has 6 aromatic heterocycles. The summed E-state index contributed by atoms with van der Waals surface area (Å²) >= 11 is 3.73. The predicted octanol–water partition coefficient (Wildman–Crippen LogP) is 10.5.